The first-order valence-corrected chi connectivity index (χ1v) is 7.23. The fourth-order valence-electron chi connectivity index (χ4n) is 2.60. The molecule has 0 amide bonds. The molecular formula is C16H17ClN2O. The number of hydrogen-bond acceptors (Lipinski definition) is 3. The summed E-state index contributed by atoms with van der Waals surface area (Å²) in [7, 11) is 0. The SMILES string of the molecule is Cc1cccc2c1OCCCC2Nc1cccnc1Cl. The Morgan fingerprint density at radius 1 is 1.30 bits per heavy atom. The zero-order valence-electron chi connectivity index (χ0n) is 11.4. The van der Waals surface area contributed by atoms with E-state index >= 15 is 0 Å². The summed E-state index contributed by atoms with van der Waals surface area (Å²) in [5, 5.41) is 4.00. The zero-order valence-corrected chi connectivity index (χ0v) is 12.2. The van der Waals surface area contributed by atoms with Gasteiger partial charge in [0, 0.05) is 11.8 Å². The number of ether oxygens (including phenoxy) is 1. The van der Waals surface area contributed by atoms with Crippen molar-refractivity contribution in [2.24, 2.45) is 0 Å². The first-order chi connectivity index (χ1) is 9.75. The zero-order chi connectivity index (χ0) is 13.9. The smallest absolute Gasteiger partial charge is 0.152 e. The lowest BCUT2D eigenvalue weighted by Gasteiger charge is -2.20. The molecule has 1 unspecified atom stereocenters. The highest BCUT2D eigenvalue weighted by Gasteiger charge is 2.21. The molecule has 0 saturated carbocycles. The molecule has 0 radical (unpaired) electrons. The Hall–Kier alpha value is -1.74. The summed E-state index contributed by atoms with van der Waals surface area (Å²) < 4.78 is 5.89. The quantitative estimate of drug-likeness (QED) is 0.833. The van der Waals surface area contributed by atoms with E-state index in [9.17, 15) is 0 Å². The third kappa shape index (κ3) is 2.59. The molecule has 1 N–H and O–H groups in total. The predicted octanol–water partition coefficient (Wildman–Crippen LogP) is 4.37. The van der Waals surface area contributed by atoms with Gasteiger partial charge in [-0.2, -0.15) is 0 Å². The number of para-hydroxylation sites is 1. The summed E-state index contributed by atoms with van der Waals surface area (Å²) in [6.45, 7) is 2.84. The minimum atomic E-state index is 0.203. The van der Waals surface area contributed by atoms with Gasteiger partial charge in [0.15, 0.2) is 5.15 Å². The fraction of sp³-hybridized carbons (Fsp3) is 0.312. The maximum Gasteiger partial charge on any atom is 0.152 e. The molecule has 0 spiro atoms. The van der Waals surface area contributed by atoms with Crippen LogP contribution in [0.3, 0.4) is 0 Å². The number of fused-ring (bicyclic) bond motifs is 1. The molecule has 3 nitrogen and oxygen atoms in total. The average Bonchev–Trinajstić information content (AvgIpc) is 2.65. The van der Waals surface area contributed by atoms with Crippen molar-refractivity contribution in [2.45, 2.75) is 25.8 Å². The van der Waals surface area contributed by atoms with E-state index < -0.39 is 0 Å². The monoisotopic (exact) mass is 288 g/mol. The Labute approximate surface area is 123 Å². The van der Waals surface area contributed by atoms with Crippen molar-refractivity contribution >= 4 is 17.3 Å². The third-order valence-electron chi connectivity index (χ3n) is 3.59. The number of nitrogens with zero attached hydrogens (tertiary/aromatic N) is 1. The number of nitrogens with one attached hydrogen (secondary N) is 1. The molecule has 1 aliphatic rings. The van der Waals surface area contributed by atoms with E-state index in [1.54, 1.807) is 6.20 Å². The van der Waals surface area contributed by atoms with Gasteiger partial charge in [-0.1, -0.05) is 29.8 Å². The van der Waals surface area contributed by atoms with Crippen LogP contribution in [0.4, 0.5) is 5.69 Å². The van der Waals surface area contributed by atoms with E-state index in [0.717, 1.165) is 30.9 Å². The first kappa shape index (κ1) is 13.3. The highest BCUT2D eigenvalue weighted by molar-refractivity contribution is 6.31. The molecule has 1 aliphatic heterocycles. The Morgan fingerprint density at radius 3 is 3.05 bits per heavy atom. The summed E-state index contributed by atoms with van der Waals surface area (Å²) in [4.78, 5) is 4.11. The maximum absolute atomic E-state index is 6.14. The lowest BCUT2D eigenvalue weighted by molar-refractivity contribution is 0.314. The molecule has 3 rings (SSSR count). The van der Waals surface area contributed by atoms with Crippen LogP contribution in [0, 0.1) is 6.92 Å². The van der Waals surface area contributed by atoms with Gasteiger partial charge in [-0.3, -0.25) is 0 Å². The normalized spacial score (nSPS) is 17.8. The standard InChI is InChI=1S/C16H17ClN2O/c1-11-5-2-6-12-13(8-4-10-20-15(11)12)19-14-7-3-9-18-16(14)17/h2-3,5-7,9,13,19H,4,8,10H2,1H3. The number of aromatic nitrogens is 1. The molecule has 1 aromatic carbocycles. The van der Waals surface area contributed by atoms with Crippen LogP contribution in [-0.2, 0) is 0 Å². The Bertz CT molecular complexity index is 615. The van der Waals surface area contributed by atoms with Gasteiger partial charge in [0.25, 0.3) is 0 Å². The number of anilines is 1. The summed E-state index contributed by atoms with van der Waals surface area (Å²) in [6.07, 6.45) is 3.73. The Kier molecular flexibility index (Phi) is 3.79. The van der Waals surface area contributed by atoms with Gasteiger partial charge in [0.2, 0.25) is 0 Å². The lowest BCUT2D eigenvalue weighted by atomic mass is 9.99. The summed E-state index contributed by atoms with van der Waals surface area (Å²) >= 11 is 6.14. The molecule has 104 valence electrons. The molecule has 2 aromatic rings. The van der Waals surface area contributed by atoms with Crippen molar-refractivity contribution in [3.8, 4) is 5.75 Å². The second kappa shape index (κ2) is 5.71. The minimum absolute atomic E-state index is 0.203. The number of benzene rings is 1. The Morgan fingerprint density at radius 2 is 2.20 bits per heavy atom. The number of pyridine rings is 1. The summed E-state index contributed by atoms with van der Waals surface area (Å²) in [6, 6.07) is 10.3. The van der Waals surface area contributed by atoms with E-state index in [2.05, 4.69) is 35.4 Å². The summed E-state index contributed by atoms with van der Waals surface area (Å²) in [5.41, 5.74) is 3.24. The highest BCUT2D eigenvalue weighted by Crippen LogP contribution is 2.36. The minimum Gasteiger partial charge on any atom is -0.493 e. The second-order valence-corrected chi connectivity index (χ2v) is 5.38. The summed E-state index contributed by atoms with van der Waals surface area (Å²) in [5.74, 6) is 1.00. The molecule has 0 fully saturated rings. The molecule has 0 aliphatic carbocycles. The van der Waals surface area contributed by atoms with E-state index in [-0.39, 0.29) is 6.04 Å². The van der Waals surface area contributed by atoms with E-state index in [1.807, 2.05) is 12.1 Å². The van der Waals surface area contributed by atoms with Crippen LogP contribution < -0.4 is 10.1 Å². The van der Waals surface area contributed by atoms with Gasteiger partial charge in [-0.25, -0.2) is 4.98 Å². The molecule has 0 bridgehead atoms. The van der Waals surface area contributed by atoms with E-state index in [4.69, 9.17) is 16.3 Å². The molecular weight excluding hydrogens is 272 g/mol. The molecule has 4 heteroatoms. The van der Waals surface area contributed by atoms with Crippen LogP contribution in [0.15, 0.2) is 36.5 Å². The van der Waals surface area contributed by atoms with Crippen molar-refractivity contribution in [3.05, 3.63) is 52.8 Å². The number of aryl methyl sites for hydroxylation is 1. The second-order valence-electron chi connectivity index (χ2n) is 5.02. The van der Waals surface area contributed by atoms with Crippen LogP contribution in [0.5, 0.6) is 5.75 Å². The van der Waals surface area contributed by atoms with Gasteiger partial charge < -0.3 is 10.1 Å². The third-order valence-corrected chi connectivity index (χ3v) is 3.89. The van der Waals surface area contributed by atoms with Crippen LogP contribution in [0.2, 0.25) is 5.15 Å². The van der Waals surface area contributed by atoms with Gasteiger partial charge in [-0.15, -0.1) is 0 Å². The average molecular weight is 289 g/mol. The first-order valence-electron chi connectivity index (χ1n) is 6.85. The van der Waals surface area contributed by atoms with Gasteiger partial charge in [-0.05, 0) is 37.5 Å². The topological polar surface area (TPSA) is 34.1 Å². The maximum atomic E-state index is 6.14. The lowest BCUT2D eigenvalue weighted by Crippen LogP contribution is -2.11. The van der Waals surface area contributed by atoms with Gasteiger partial charge >= 0.3 is 0 Å². The molecule has 1 atom stereocenters. The largest absolute Gasteiger partial charge is 0.493 e. The van der Waals surface area contributed by atoms with Crippen molar-refractivity contribution in [2.75, 3.05) is 11.9 Å². The molecule has 2 heterocycles. The van der Waals surface area contributed by atoms with Gasteiger partial charge in [0.1, 0.15) is 5.75 Å². The van der Waals surface area contributed by atoms with Crippen molar-refractivity contribution in [3.63, 3.8) is 0 Å². The highest BCUT2D eigenvalue weighted by atomic mass is 35.5. The van der Waals surface area contributed by atoms with Crippen LogP contribution in [0.1, 0.15) is 30.0 Å². The predicted molar refractivity (Wildman–Crippen MR) is 81.5 cm³/mol. The molecule has 20 heavy (non-hydrogen) atoms. The number of rotatable bonds is 2. The molecule has 1 aromatic heterocycles. The van der Waals surface area contributed by atoms with Crippen molar-refractivity contribution < 1.29 is 4.74 Å². The number of halogens is 1. The fourth-order valence-corrected chi connectivity index (χ4v) is 2.77. The van der Waals surface area contributed by atoms with E-state index in [0.29, 0.717) is 5.15 Å². The molecule has 0 saturated heterocycles. The van der Waals surface area contributed by atoms with Crippen molar-refractivity contribution in [1.82, 2.24) is 4.98 Å². The number of hydrogen-bond donors (Lipinski definition) is 1. The van der Waals surface area contributed by atoms with Gasteiger partial charge in [0.05, 0.1) is 18.3 Å². The van der Waals surface area contributed by atoms with Crippen molar-refractivity contribution in [1.29, 1.82) is 0 Å². The van der Waals surface area contributed by atoms with E-state index in [1.165, 1.54) is 11.1 Å². The Balaban J connectivity index is 1.95. The van der Waals surface area contributed by atoms with Crippen LogP contribution in [0.25, 0.3) is 0 Å². The van der Waals surface area contributed by atoms with Crippen LogP contribution in [-0.4, -0.2) is 11.6 Å². The van der Waals surface area contributed by atoms with Crippen LogP contribution >= 0.6 is 11.6 Å².